The van der Waals surface area contributed by atoms with Crippen molar-refractivity contribution in [3.63, 3.8) is 0 Å². The molecule has 0 saturated carbocycles. The predicted molar refractivity (Wildman–Crippen MR) is 85.7 cm³/mol. The number of hydrogen-bond donors (Lipinski definition) is 2. The maximum atomic E-state index is 12.3. The van der Waals surface area contributed by atoms with Crippen LogP contribution in [0.25, 0.3) is 0 Å². The average Bonchev–Trinajstić information content (AvgIpc) is 2.54. The summed E-state index contributed by atoms with van der Waals surface area (Å²) in [5.74, 6) is 1.06. The number of amides is 1. The number of β-amino-alcohol motifs (C(OH)–C–C–N with tert-alkyl or cyclic N) is 1. The van der Waals surface area contributed by atoms with Gasteiger partial charge in [0.15, 0.2) is 0 Å². The van der Waals surface area contributed by atoms with Crippen LogP contribution in [-0.2, 0) is 11.3 Å². The molecule has 2 rings (SSSR count). The Hall–Kier alpha value is -1.59. The fourth-order valence-electron chi connectivity index (χ4n) is 2.77. The second-order valence-corrected chi connectivity index (χ2v) is 6.03. The molecule has 1 amide bonds. The van der Waals surface area contributed by atoms with Crippen LogP contribution >= 0.6 is 0 Å². The van der Waals surface area contributed by atoms with E-state index >= 15 is 0 Å². The second kappa shape index (κ2) is 7.61. The molecule has 1 aromatic carbocycles. The standard InChI is InChI=1S/C17H26N2O3/c1-12-8-9-19(11-15(12)20)13(2)17(21)18-10-14-6-4-5-7-16(14)22-3/h4-7,12-13,15,20H,8-11H2,1-3H3,(H,18,21). The summed E-state index contributed by atoms with van der Waals surface area (Å²) in [6, 6.07) is 7.42. The number of nitrogens with one attached hydrogen (secondary N) is 1. The summed E-state index contributed by atoms with van der Waals surface area (Å²) in [6.45, 7) is 5.79. The summed E-state index contributed by atoms with van der Waals surface area (Å²) in [7, 11) is 1.62. The quantitative estimate of drug-likeness (QED) is 0.863. The Kier molecular flexibility index (Phi) is 5.80. The maximum absolute atomic E-state index is 12.3. The molecule has 0 aromatic heterocycles. The van der Waals surface area contributed by atoms with Crippen LogP contribution in [0, 0.1) is 5.92 Å². The van der Waals surface area contributed by atoms with Crippen LogP contribution in [-0.4, -0.2) is 48.3 Å². The van der Waals surface area contributed by atoms with Crippen LogP contribution in [0.1, 0.15) is 25.8 Å². The van der Waals surface area contributed by atoms with E-state index in [1.165, 1.54) is 0 Å². The lowest BCUT2D eigenvalue weighted by Gasteiger charge is -2.37. The number of para-hydroxylation sites is 1. The van der Waals surface area contributed by atoms with Crippen molar-refractivity contribution in [2.75, 3.05) is 20.2 Å². The monoisotopic (exact) mass is 306 g/mol. The Morgan fingerprint density at radius 3 is 2.91 bits per heavy atom. The lowest BCUT2D eigenvalue weighted by molar-refractivity contribution is -0.127. The molecule has 5 heteroatoms. The van der Waals surface area contributed by atoms with Gasteiger partial charge >= 0.3 is 0 Å². The highest BCUT2D eigenvalue weighted by molar-refractivity contribution is 5.81. The van der Waals surface area contributed by atoms with Crippen LogP contribution in [0.15, 0.2) is 24.3 Å². The van der Waals surface area contributed by atoms with Crippen LogP contribution in [0.5, 0.6) is 5.75 Å². The van der Waals surface area contributed by atoms with Gasteiger partial charge in [-0.05, 0) is 31.9 Å². The molecule has 1 aliphatic heterocycles. The van der Waals surface area contributed by atoms with Gasteiger partial charge in [-0.25, -0.2) is 0 Å². The lowest BCUT2D eigenvalue weighted by atomic mass is 9.95. The van der Waals surface area contributed by atoms with E-state index in [1.54, 1.807) is 7.11 Å². The first-order valence-electron chi connectivity index (χ1n) is 7.84. The SMILES string of the molecule is COc1ccccc1CNC(=O)C(C)N1CCC(C)C(O)C1. The van der Waals surface area contributed by atoms with E-state index in [2.05, 4.69) is 12.2 Å². The van der Waals surface area contributed by atoms with Crippen molar-refractivity contribution in [1.29, 1.82) is 0 Å². The molecule has 1 aliphatic rings. The number of ether oxygens (including phenoxy) is 1. The summed E-state index contributed by atoms with van der Waals surface area (Å²) in [4.78, 5) is 14.4. The van der Waals surface area contributed by atoms with Gasteiger partial charge in [-0.15, -0.1) is 0 Å². The zero-order valence-corrected chi connectivity index (χ0v) is 13.6. The molecule has 2 N–H and O–H groups in total. The maximum Gasteiger partial charge on any atom is 0.237 e. The molecule has 22 heavy (non-hydrogen) atoms. The molecule has 1 aromatic rings. The first-order chi connectivity index (χ1) is 10.5. The van der Waals surface area contributed by atoms with Crippen LogP contribution < -0.4 is 10.1 Å². The topological polar surface area (TPSA) is 61.8 Å². The molecule has 0 bridgehead atoms. The summed E-state index contributed by atoms with van der Waals surface area (Å²) in [5, 5.41) is 12.9. The molecule has 5 nitrogen and oxygen atoms in total. The van der Waals surface area contributed by atoms with E-state index in [-0.39, 0.29) is 18.1 Å². The van der Waals surface area contributed by atoms with Gasteiger partial charge in [0.05, 0.1) is 19.3 Å². The smallest absolute Gasteiger partial charge is 0.237 e. The number of likely N-dealkylation sites (tertiary alicyclic amines) is 1. The van der Waals surface area contributed by atoms with Crippen molar-refractivity contribution >= 4 is 5.91 Å². The molecule has 1 fully saturated rings. The summed E-state index contributed by atoms with van der Waals surface area (Å²) < 4.78 is 5.29. The molecule has 122 valence electrons. The molecule has 0 aliphatic carbocycles. The third-order valence-electron chi connectivity index (χ3n) is 4.52. The Balaban J connectivity index is 1.89. The van der Waals surface area contributed by atoms with Crippen LogP contribution in [0.2, 0.25) is 0 Å². The normalized spacial score (nSPS) is 23.8. The first kappa shape index (κ1) is 16.8. The highest BCUT2D eigenvalue weighted by Crippen LogP contribution is 2.19. The highest BCUT2D eigenvalue weighted by Gasteiger charge is 2.29. The van der Waals surface area contributed by atoms with Gasteiger partial charge in [0.2, 0.25) is 5.91 Å². The zero-order valence-electron chi connectivity index (χ0n) is 13.6. The van der Waals surface area contributed by atoms with Crippen molar-refractivity contribution in [2.45, 2.75) is 39.0 Å². The number of carbonyl (C=O) groups is 1. The number of rotatable bonds is 5. The number of benzene rings is 1. The van der Waals surface area contributed by atoms with Crippen molar-refractivity contribution in [3.8, 4) is 5.75 Å². The highest BCUT2D eigenvalue weighted by atomic mass is 16.5. The fourth-order valence-corrected chi connectivity index (χ4v) is 2.77. The largest absolute Gasteiger partial charge is 0.496 e. The minimum Gasteiger partial charge on any atom is -0.496 e. The van der Waals surface area contributed by atoms with E-state index in [0.29, 0.717) is 19.0 Å². The predicted octanol–water partition coefficient (Wildman–Crippen LogP) is 1.40. The molecule has 3 unspecified atom stereocenters. The number of aliphatic hydroxyl groups is 1. The first-order valence-corrected chi connectivity index (χ1v) is 7.84. The van der Waals surface area contributed by atoms with Crippen molar-refractivity contribution in [1.82, 2.24) is 10.2 Å². The minimum atomic E-state index is -0.349. The summed E-state index contributed by atoms with van der Waals surface area (Å²) in [6.07, 6.45) is 0.573. The number of carbonyl (C=O) groups excluding carboxylic acids is 1. The molecule has 0 spiro atoms. The van der Waals surface area contributed by atoms with Crippen molar-refractivity contribution < 1.29 is 14.6 Å². The molecular weight excluding hydrogens is 280 g/mol. The molecule has 0 radical (unpaired) electrons. The lowest BCUT2D eigenvalue weighted by Crippen LogP contribution is -2.52. The molecular formula is C17H26N2O3. The van der Waals surface area contributed by atoms with E-state index in [1.807, 2.05) is 36.1 Å². The van der Waals surface area contributed by atoms with Gasteiger partial charge < -0.3 is 15.2 Å². The van der Waals surface area contributed by atoms with Gasteiger partial charge in [0, 0.05) is 18.7 Å². The van der Waals surface area contributed by atoms with Gasteiger partial charge in [-0.2, -0.15) is 0 Å². The average molecular weight is 306 g/mol. The minimum absolute atomic E-state index is 0.0207. The van der Waals surface area contributed by atoms with Gasteiger partial charge in [-0.1, -0.05) is 25.1 Å². The second-order valence-electron chi connectivity index (χ2n) is 6.03. The van der Waals surface area contributed by atoms with Gasteiger partial charge in [0.1, 0.15) is 5.75 Å². The van der Waals surface area contributed by atoms with Gasteiger partial charge in [0.25, 0.3) is 0 Å². The van der Waals surface area contributed by atoms with Crippen LogP contribution in [0.4, 0.5) is 0 Å². The van der Waals surface area contributed by atoms with Crippen LogP contribution in [0.3, 0.4) is 0 Å². The summed E-state index contributed by atoms with van der Waals surface area (Å²) >= 11 is 0. The van der Waals surface area contributed by atoms with Crippen molar-refractivity contribution in [3.05, 3.63) is 29.8 Å². The van der Waals surface area contributed by atoms with E-state index < -0.39 is 0 Å². The third kappa shape index (κ3) is 3.99. The zero-order chi connectivity index (χ0) is 16.1. The fraction of sp³-hybridized carbons (Fsp3) is 0.588. The number of piperidine rings is 1. The number of nitrogens with zero attached hydrogens (tertiary/aromatic N) is 1. The number of hydrogen-bond acceptors (Lipinski definition) is 4. The van der Waals surface area contributed by atoms with E-state index in [0.717, 1.165) is 24.3 Å². The third-order valence-corrected chi connectivity index (χ3v) is 4.52. The van der Waals surface area contributed by atoms with Gasteiger partial charge in [-0.3, -0.25) is 9.69 Å². The Morgan fingerprint density at radius 2 is 2.23 bits per heavy atom. The van der Waals surface area contributed by atoms with E-state index in [4.69, 9.17) is 4.74 Å². The molecule has 1 heterocycles. The Morgan fingerprint density at radius 1 is 1.50 bits per heavy atom. The molecule has 3 atom stereocenters. The number of methoxy groups -OCH3 is 1. The number of aliphatic hydroxyl groups excluding tert-OH is 1. The van der Waals surface area contributed by atoms with E-state index in [9.17, 15) is 9.90 Å². The Labute approximate surface area is 132 Å². The molecule has 1 saturated heterocycles. The Bertz CT molecular complexity index is 506. The van der Waals surface area contributed by atoms with Crippen molar-refractivity contribution in [2.24, 2.45) is 5.92 Å². The summed E-state index contributed by atoms with van der Waals surface area (Å²) in [5.41, 5.74) is 0.956.